The lowest BCUT2D eigenvalue weighted by molar-refractivity contribution is -0.130. The summed E-state index contributed by atoms with van der Waals surface area (Å²) in [5.74, 6) is -0.756. The number of likely N-dealkylation sites (tertiary alicyclic amines) is 1. The third-order valence-corrected chi connectivity index (χ3v) is 3.53. The average molecular weight is 289 g/mol. The second kappa shape index (κ2) is 5.43. The summed E-state index contributed by atoms with van der Waals surface area (Å²) in [6.45, 7) is 1.63. The molecule has 2 aliphatic rings. The van der Waals surface area contributed by atoms with Gasteiger partial charge in [0.05, 0.1) is 12.8 Å². The number of amides is 4. The number of barbiturate groups is 1. The molecule has 3 rings (SSSR count). The normalized spacial score (nSPS) is 21.3. The predicted octanol–water partition coefficient (Wildman–Crippen LogP) is 0.838. The Bertz CT molecular complexity index is 600. The fraction of sp³-hybridized carbons (Fsp3) is 0.357. The molecule has 110 valence electrons. The molecule has 0 atom stereocenters. The van der Waals surface area contributed by atoms with Crippen LogP contribution in [0.2, 0.25) is 0 Å². The van der Waals surface area contributed by atoms with Crippen molar-refractivity contribution >= 4 is 17.8 Å². The second-order valence-corrected chi connectivity index (χ2v) is 5.02. The van der Waals surface area contributed by atoms with Crippen LogP contribution in [0.15, 0.2) is 34.6 Å². The van der Waals surface area contributed by atoms with Gasteiger partial charge in [0.25, 0.3) is 11.8 Å². The molecule has 7 nitrogen and oxygen atoms in total. The van der Waals surface area contributed by atoms with Gasteiger partial charge in [0.1, 0.15) is 11.3 Å². The van der Waals surface area contributed by atoms with Gasteiger partial charge in [-0.25, -0.2) is 4.79 Å². The summed E-state index contributed by atoms with van der Waals surface area (Å²) >= 11 is 0. The van der Waals surface area contributed by atoms with Gasteiger partial charge < -0.3 is 9.32 Å². The van der Waals surface area contributed by atoms with Gasteiger partial charge >= 0.3 is 6.03 Å². The Morgan fingerprint density at radius 2 is 2.00 bits per heavy atom. The first-order chi connectivity index (χ1) is 10.1. The molecule has 0 aromatic carbocycles. The molecular weight excluding hydrogens is 274 g/mol. The lowest BCUT2D eigenvalue weighted by Gasteiger charge is -2.26. The third-order valence-electron chi connectivity index (χ3n) is 3.53. The minimum atomic E-state index is -0.722. The largest absolute Gasteiger partial charge is 0.467 e. The van der Waals surface area contributed by atoms with Crippen LogP contribution in [-0.2, 0) is 16.1 Å². The van der Waals surface area contributed by atoms with E-state index >= 15 is 0 Å². The lowest BCUT2D eigenvalue weighted by Crippen LogP contribution is -2.54. The topological polar surface area (TPSA) is 82.9 Å². The molecule has 2 saturated heterocycles. The van der Waals surface area contributed by atoms with E-state index in [4.69, 9.17) is 4.42 Å². The molecule has 7 heteroatoms. The summed E-state index contributed by atoms with van der Waals surface area (Å²) in [6.07, 6.45) is 5.09. The average Bonchev–Trinajstić information content (AvgIpc) is 3.13. The zero-order valence-electron chi connectivity index (χ0n) is 11.4. The Kier molecular flexibility index (Phi) is 3.47. The van der Waals surface area contributed by atoms with Crippen molar-refractivity contribution in [2.24, 2.45) is 0 Å². The van der Waals surface area contributed by atoms with E-state index in [-0.39, 0.29) is 12.1 Å². The third kappa shape index (κ3) is 2.67. The summed E-state index contributed by atoms with van der Waals surface area (Å²) in [6, 6.07) is 2.62. The summed E-state index contributed by atoms with van der Waals surface area (Å²) in [4.78, 5) is 38.9. The van der Waals surface area contributed by atoms with Crippen LogP contribution < -0.4 is 5.32 Å². The van der Waals surface area contributed by atoms with E-state index < -0.39 is 17.8 Å². The minimum absolute atomic E-state index is 0.00227. The number of rotatable bonds is 3. The number of imide groups is 2. The van der Waals surface area contributed by atoms with Gasteiger partial charge in [0.15, 0.2) is 0 Å². The van der Waals surface area contributed by atoms with Gasteiger partial charge in [-0.1, -0.05) is 0 Å². The molecule has 4 amide bonds. The highest BCUT2D eigenvalue weighted by Gasteiger charge is 2.36. The monoisotopic (exact) mass is 289 g/mol. The highest BCUT2D eigenvalue weighted by atomic mass is 16.3. The molecule has 21 heavy (non-hydrogen) atoms. The van der Waals surface area contributed by atoms with Crippen molar-refractivity contribution in [2.75, 3.05) is 13.1 Å². The molecule has 0 saturated carbocycles. The molecule has 2 aliphatic heterocycles. The van der Waals surface area contributed by atoms with Crippen molar-refractivity contribution in [3.8, 4) is 0 Å². The van der Waals surface area contributed by atoms with Crippen LogP contribution in [0.4, 0.5) is 4.79 Å². The van der Waals surface area contributed by atoms with Gasteiger partial charge in [-0.2, -0.15) is 0 Å². The second-order valence-electron chi connectivity index (χ2n) is 5.02. The van der Waals surface area contributed by atoms with Crippen LogP contribution in [0.3, 0.4) is 0 Å². The highest BCUT2D eigenvalue weighted by Crippen LogP contribution is 2.17. The summed E-state index contributed by atoms with van der Waals surface area (Å²) in [7, 11) is 0. The summed E-state index contributed by atoms with van der Waals surface area (Å²) in [5.41, 5.74) is -0.0111. The number of carbonyl (C=O) groups excluding carboxylic acids is 3. The quantitative estimate of drug-likeness (QED) is 0.658. The van der Waals surface area contributed by atoms with Crippen molar-refractivity contribution in [2.45, 2.75) is 19.4 Å². The molecule has 0 radical (unpaired) electrons. The first-order valence-electron chi connectivity index (χ1n) is 6.80. The van der Waals surface area contributed by atoms with Crippen molar-refractivity contribution in [3.63, 3.8) is 0 Å². The fourth-order valence-corrected chi connectivity index (χ4v) is 2.44. The van der Waals surface area contributed by atoms with E-state index in [1.54, 1.807) is 18.3 Å². The Balaban J connectivity index is 1.82. The summed E-state index contributed by atoms with van der Waals surface area (Å²) < 4.78 is 5.14. The Hall–Kier alpha value is -2.57. The van der Waals surface area contributed by atoms with Crippen molar-refractivity contribution in [1.29, 1.82) is 0 Å². The van der Waals surface area contributed by atoms with E-state index in [1.165, 1.54) is 6.26 Å². The van der Waals surface area contributed by atoms with Crippen LogP contribution in [0, 0.1) is 0 Å². The maximum Gasteiger partial charge on any atom is 0.331 e. The minimum Gasteiger partial charge on any atom is -0.467 e. The zero-order valence-corrected chi connectivity index (χ0v) is 11.4. The van der Waals surface area contributed by atoms with Crippen LogP contribution in [-0.4, -0.2) is 40.7 Å². The highest BCUT2D eigenvalue weighted by molar-refractivity contribution is 6.28. The van der Waals surface area contributed by atoms with Crippen LogP contribution in [0.5, 0.6) is 0 Å². The number of hydrogen-bond acceptors (Lipinski definition) is 5. The maximum atomic E-state index is 12.4. The molecule has 2 fully saturated rings. The van der Waals surface area contributed by atoms with E-state index in [9.17, 15) is 14.4 Å². The molecular formula is C14H15N3O4. The molecule has 1 N–H and O–H groups in total. The zero-order chi connectivity index (χ0) is 14.8. The fourth-order valence-electron chi connectivity index (χ4n) is 2.44. The van der Waals surface area contributed by atoms with E-state index in [2.05, 4.69) is 5.32 Å². The number of carbonyl (C=O) groups is 3. The van der Waals surface area contributed by atoms with Gasteiger partial charge in [0.2, 0.25) is 0 Å². The van der Waals surface area contributed by atoms with Gasteiger partial charge in [-0.05, 0) is 25.0 Å². The standard InChI is InChI=1S/C14H15N3O4/c18-12-11(9-16-5-1-2-6-16)13(19)17(14(20)15-12)8-10-4-3-7-21-10/h3-4,7,9H,1-2,5-6,8H2,(H,15,18,20). The van der Waals surface area contributed by atoms with Gasteiger partial charge in [-0.15, -0.1) is 0 Å². The van der Waals surface area contributed by atoms with Gasteiger partial charge in [-0.3, -0.25) is 19.8 Å². The Morgan fingerprint density at radius 3 is 2.67 bits per heavy atom. The van der Waals surface area contributed by atoms with Crippen LogP contribution in [0.1, 0.15) is 18.6 Å². The molecule has 0 bridgehead atoms. The number of urea groups is 1. The molecule has 1 aromatic heterocycles. The molecule has 1 aromatic rings. The molecule has 0 aliphatic carbocycles. The van der Waals surface area contributed by atoms with Crippen LogP contribution in [0.25, 0.3) is 0 Å². The van der Waals surface area contributed by atoms with Crippen LogP contribution >= 0.6 is 0 Å². The SMILES string of the molecule is O=C1NC(=O)N(Cc2ccco2)C(=O)C1=CN1CCCC1. The van der Waals surface area contributed by atoms with Gasteiger partial charge in [0, 0.05) is 19.3 Å². The predicted molar refractivity (Wildman–Crippen MR) is 71.7 cm³/mol. The number of nitrogens with zero attached hydrogens (tertiary/aromatic N) is 2. The molecule has 0 unspecified atom stereocenters. The van der Waals surface area contributed by atoms with E-state index in [1.807, 2.05) is 4.90 Å². The van der Waals surface area contributed by atoms with Crippen molar-refractivity contribution in [1.82, 2.24) is 15.1 Å². The Morgan fingerprint density at radius 1 is 1.24 bits per heavy atom. The first kappa shape index (κ1) is 13.4. The van der Waals surface area contributed by atoms with E-state index in [0.29, 0.717) is 5.76 Å². The maximum absolute atomic E-state index is 12.4. The summed E-state index contributed by atoms with van der Waals surface area (Å²) in [5, 5.41) is 2.19. The molecule has 0 spiro atoms. The van der Waals surface area contributed by atoms with E-state index in [0.717, 1.165) is 30.8 Å². The van der Waals surface area contributed by atoms with Crippen molar-refractivity contribution in [3.05, 3.63) is 35.9 Å². The number of hydrogen-bond donors (Lipinski definition) is 1. The lowest BCUT2D eigenvalue weighted by atomic mass is 10.2. The van der Waals surface area contributed by atoms with Crippen molar-refractivity contribution < 1.29 is 18.8 Å². The molecule has 3 heterocycles. The Labute approximate surface area is 121 Å². The smallest absolute Gasteiger partial charge is 0.331 e. The first-order valence-corrected chi connectivity index (χ1v) is 6.80. The number of nitrogens with one attached hydrogen (secondary N) is 1. The number of furan rings is 1.